The fourth-order valence-corrected chi connectivity index (χ4v) is 2.27. The van der Waals surface area contributed by atoms with Crippen LogP contribution in [-0.2, 0) is 19.3 Å². The van der Waals surface area contributed by atoms with E-state index < -0.39 is 10.4 Å². The van der Waals surface area contributed by atoms with Crippen molar-refractivity contribution >= 4 is 40.0 Å². The van der Waals surface area contributed by atoms with Crippen molar-refractivity contribution in [3.8, 4) is 0 Å². The van der Waals surface area contributed by atoms with Crippen LogP contribution in [0, 0.1) is 0 Å². The Morgan fingerprint density at radius 3 is 1.71 bits per heavy atom. The molecule has 0 saturated carbocycles. The van der Waals surface area contributed by atoms with Gasteiger partial charge in [0.15, 0.2) is 0 Å². The van der Waals surface area contributed by atoms with Crippen LogP contribution in [0.25, 0.3) is 0 Å². The summed E-state index contributed by atoms with van der Waals surface area (Å²) >= 11 is 0. The first kappa shape index (κ1) is 24.1. The number of rotatable bonds is 15. The Morgan fingerprint density at radius 2 is 1.24 bits per heavy atom. The van der Waals surface area contributed by atoms with E-state index in [9.17, 15) is 8.42 Å². The summed E-state index contributed by atoms with van der Waals surface area (Å²) in [5.41, 5.74) is 0. The third-order valence-corrected chi connectivity index (χ3v) is 3.57. The fourth-order valence-electron chi connectivity index (χ4n) is 1.99. The summed E-state index contributed by atoms with van der Waals surface area (Å²) in [5, 5.41) is 0. The largest absolute Gasteiger partial charge is 0.397 e. The Labute approximate surface area is 152 Å². The van der Waals surface area contributed by atoms with Crippen LogP contribution in [0.1, 0.15) is 71.1 Å². The normalized spacial score (nSPS) is 11.3. The van der Waals surface area contributed by atoms with E-state index in [-0.39, 0.29) is 42.8 Å². The minimum Gasteiger partial charge on any atom is -0.379 e. The molecule has 1 radical (unpaired) electrons. The van der Waals surface area contributed by atoms with Crippen molar-refractivity contribution in [1.82, 2.24) is 0 Å². The molecule has 123 valence electrons. The Morgan fingerprint density at radius 1 is 0.762 bits per heavy atom. The predicted octanol–water partition coefficient (Wildman–Crippen LogP) is 3.36. The molecule has 0 atom stereocenters. The van der Waals surface area contributed by atoms with Crippen molar-refractivity contribution in [3.63, 3.8) is 0 Å². The molecular formula is C14H30NaO5S. The quantitative estimate of drug-likeness (QED) is 0.283. The van der Waals surface area contributed by atoms with E-state index in [1.807, 2.05) is 0 Å². The van der Waals surface area contributed by atoms with E-state index in [0.717, 1.165) is 12.8 Å². The summed E-state index contributed by atoms with van der Waals surface area (Å²) in [6.07, 6.45) is 12.7. The van der Waals surface area contributed by atoms with Gasteiger partial charge in [0.25, 0.3) is 0 Å². The topological polar surface area (TPSA) is 72.8 Å². The first-order chi connectivity index (χ1) is 9.56. The van der Waals surface area contributed by atoms with E-state index in [1.54, 1.807) is 0 Å². The zero-order valence-electron chi connectivity index (χ0n) is 13.7. The van der Waals surface area contributed by atoms with E-state index >= 15 is 0 Å². The Hall–Kier alpha value is 0.830. The van der Waals surface area contributed by atoms with Crippen LogP contribution in [0.3, 0.4) is 0 Å². The molecule has 0 aliphatic rings. The molecule has 7 heteroatoms. The van der Waals surface area contributed by atoms with Gasteiger partial charge in [0.1, 0.15) is 0 Å². The molecule has 5 nitrogen and oxygen atoms in total. The van der Waals surface area contributed by atoms with Gasteiger partial charge in [-0.2, -0.15) is 8.42 Å². The maximum atomic E-state index is 10.2. The number of hydrogen-bond donors (Lipinski definition) is 1. The van der Waals surface area contributed by atoms with Gasteiger partial charge in [-0.25, -0.2) is 4.18 Å². The van der Waals surface area contributed by atoms with Crippen LogP contribution in [0.2, 0.25) is 0 Å². The van der Waals surface area contributed by atoms with Crippen LogP contribution in [0.4, 0.5) is 0 Å². The van der Waals surface area contributed by atoms with Gasteiger partial charge < -0.3 is 4.74 Å². The summed E-state index contributed by atoms with van der Waals surface area (Å²) < 4.78 is 38.1. The standard InChI is InChI=1S/C14H30O5S.Na/c1-2-3-4-5-6-7-8-9-10-11-12-18-13-14-19-20(15,16)17;/h2-14H2,1H3,(H,15,16,17);. The van der Waals surface area contributed by atoms with E-state index in [1.165, 1.54) is 51.4 Å². The van der Waals surface area contributed by atoms with Gasteiger partial charge in [-0.1, -0.05) is 64.7 Å². The molecule has 0 amide bonds. The maximum Gasteiger partial charge on any atom is 0.397 e. The van der Waals surface area contributed by atoms with Crippen LogP contribution < -0.4 is 0 Å². The zero-order valence-corrected chi connectivity index (χ0v) is 16.5. The monoisotopic (exact) mass is 333 g/mol. The molecule has 0 fully saturated rings. The van der Waals surface area contributed by atoms with Crippen molar-refractivity contribution in [2.24, 2.45) is 0 Å². The number of ether oxygens (including phenoxy) is 1. The van der Waals surface area contributed by atoms with Crippen molar-refractivity contribution in [3.05, 3.63) is 0 Å². The molecule has 0 aliphatic carbocycles. The summed E-state index contributed by atoms with van der Waals surface area (Å²) in [4.78, 5) is 0. The van der Waals surface area contributed by atoms with Crippen molar-refractivity contribution in [2.75, 3.05) is 19.8 Å². The average Bonchev–Trinajstić information content (AvgIpc) is 2.38. The molecule has 0 aromatic rings. The third kappa shape index (κ3) is 23.2. The maximum absolute atomic E-state index is 10.2. The second-order valence-corrected chi connectivity index (χ2v) is 6.14. The summed E-state index contributed by atoms with van der Waals surface area (Å²) in [6.45, 7) is 2.91. The molecule has 0 aromatic carbocycles. The molecule has 0 saturated heterocycles. The molecule has 0 bridgehead atoms. The molecule has 0 spiro atoms. The van der Waals surface area contributed by atoms with Crippen LogP contribution >= 0.6 is 0 Å². The van der Waals surface area contributed by atoms with E-state index in [4.69, 9.17) is 9.29 Å². The van der Waals surface area contributed by atoms with Gasteiger partial charge in [-0.05, 0) is 6.42 Å². The predicted molar refractivity (Wildman–Crippen MR) is 85.9 cm³/mol. The van der Waals surface area contributed by atoms with Crippen LogP contribution in [0.15, 0.2) is 0 Å². The Bertz CT molecular complexity index is 296. The van der Waals surface area contributed by atoms with E-state index in [2.05, 4.69) is 11.1 Å². The average molecular weight is 333 g/mol. The SMILES string of the molecule is CCCCCCCCCCCCOCCOS(=O)(=O)O.[Na]. The van der Waals surface area contributed by atoms with Gasteiger partial charge in [0.05, 0.1) is 13.2 Å². The number of hydrogen-bond acceptors (Lipinski definition) is 4. The van der Waals surface area contributed by atoms with Crippen LogP contribution in [0.5, 0.6) is 0 Å². The van der Waals surface area contributed by atoms with Gasteiger partial charge in [0, 0.05) is 36.2 Å². The second-order valence-electron chi connectivity index (χ2n) is 5.04. The molecular weight excluding hydrogens is 303 g/mol. The molecule has 21 heavy (non-hydrogen) atoms. The first-order valence-corrected chi connectivity index (χ1v) is 9.12. The molecule has 0 unspecified atom stereocenters. The van der Waals surface area contributed by atoms with E-state index in [0.29, 0.717) is 6.61 Å². The van der Waals surface area contributed by atoms with Gasteiger partial charge >= 0.3 is 10.4 Å². The molecule has 0 rings (SSSR count). The summed E-state index contributed by atoms with van der Waals surface area (Å²) in [7, 11) is -4.32. The molecule has 0 aromatic heterocycles. The van der Waals surface area contributed by atoms with Gasteiger partial charge in [-0.15, -0.1) is 0 Å². The molecule has 0 heterocycles. The zero-order chi connectivity index (χ0) is 15.1. The summed E-state index contributed by atoms with van der Waals surface area (Å²) in [6, 6.07) is 0. The van der Waals surface area contributed by atoms with Crippen molar-refractivity contribution in [1.29, 1.82) is 0 Å². The fraction of sp³-hybridized carbons (Fsp3) is 1.00. The van der Waals surface area contributed by atoms with Gasteiger partial charge in [0.2, 0.25) is 0 Å². The number of unbranched alkanes of at least 4 members (excludes halogenated alkanes) is 9. The van der Waals surface area contributed by atoms with Crippen molar-refractivity contribution < 1.29 is 21.9 Å². The molecule has 1 N–H and O–H groups in total. The Balaban J connectivity index is 0. The van der Waals surface area contributed by atoms with Crippen molar-refractivity contribution in [2.45, 2.75) is 71.1 Å². The van der Waals surface area contributed by atoms with Gasteiger partial charge in [-0.3, -0.25) is 4.55 Å². The molecule has 0 aliphatic heterocycles. The minimum absolute atomic E-state index is 0. The smallest absolute Gasteiger partial charge is 0.379 e. The summed E-state index contributed by atoms with van der Waals surface area (Å²) in [5.74, 6) is 0. The second kappa shape index (κ2) is 17.2. The first-order valence-electron chi connectivity index (χ1n) is 7.76. The Kier molecular flexibility index (Phi) is 19.7. The minimum atomic E-state index is -4.32. The third-order valence-electron chi connectivity index (χ3n) is 3.10. The van der Waals surface area contributed by atoms with Crippen LogP contribution in [-0.4, -0.2) is 62.3 Å².